The molecule has 2 aromatic carbocycles. The SMILES string of the molecule is COc1ccccc1[C@@H]1c2c(C)nn(-c3cccc(Cl)c3)c2Oc2ncn3nc(-c4ccncc4)nc3c21. The van der Waals surface area contributed by atoms with Crippen LogP contribution in [-0.4, -0.2) is 41.5 Å². The number of hydrogen-bond donors (Lipinski definition) is 0. The minimum absolute atomic E-state index is 0.330. The topological polar surface area (TPSA) is 92.2 Å². The fraction of sp³-hybridized carbons (Fsp3) is 0.107. The van der Waals surface area contributed by atoms with Crippen LogP contribution in [0.3, 0.4) is 0 Å². The first kappa shape index (κ1) is 22.4. The van der Waals surface area contributed by atoms with Crippen LogP contribution in [0.5, 0.6) is 17.5 Å². The normalized spacial score (nSPS) is 14.1. The molecule has 10 heteroatoms. The van der Waals surface area contributed by atoms with Gasteiger partial charge in [-0.05, 0) is 43.3 Å². The summed E-state index contributed by atoms with van der Waals surface area (Å²) in [5.41, 5.74) is 5.70. The molecule has 0 radical (unpaired) electrons. The quantitative estimate of drug-likeness (QED) is 0.296. The second-order valence-corrected chi connectivity index (χ2v) is 9.31. The Bertz CT molecular complexity index is 1830. The summed E-state index contributed by atoms with van der Waals surface area (Å²) < 4.78 is 15.7. The van der Waals surface area contributed by atoms with Crippen molar-refractivity contribution in [3.8, 4) is 34.6 Å². The third-order valence-corrected chi connectivity index (χ3v) is 6.90. The van der Waals surface area contributed by atoms with Crippen LogP contribution in [0.2, 0.25) is 5.02 Å². The van der Waals surface area contributed by atoms with Crippen molar-refractivity contribution >= 4 is 17.2 Å². The Labute approximate surface area is 222 Å². The van der Waals surface area contributed by atoms with Crippen LogP contribution in [0.1, 0.15) is 28.3 Å². The minimum Gasteiger partial charge on any atom is -0.496 e. The first-order valence-electron chi connectivity index (χ1n) is 11.9. The van der Waals surface area contributed by atoms with E-state index >= 15 is 0 Å². The Kier molecular flexibility index (Phi) is 5.12. The molecule has 7 rings (SSSR count). The van der Waals surface area contributed by atoms with Gasteiger partial charge in [-0.1, -0.05) is 35.9 Å². The standard InChI is InChI=1S/C28H20ClN7O2/c1-16-22-23(20-8-3-4-9-21(20)37-2)24-26-32-25(17-10-12-30-13-11-17)34-35(26)15-31-27(24)38-28(22)36(33-16)19-7-5-6-18(29)14-19/h3-15,23H,1-2H3/t23-/m1/s1. The molecule has 1 aliphatic heterocycles. The van der Waals surface area contributed by atoms with Gasteiger partial charge in [0.15, 0.2) is 11.5 Å². The first-order chi connectivity index (χ1) is 18.6. The molecule has 186 valence electrons. The molecule has 0 saturated heterocycles. The van der Waals surface area contributed by atoms with E-state index in [1.807, 2.05) is 67.6 Å². The van der Waals surface area contributed by atoms with Crippen molar-refractivity contribution in [2.24, 2.45) is 0 Å². The number of para-hydroxylation sites is 1. The maximum atomic E-state index is 6.49. The Hall–Kier alpha value is -4.76. The number of rotatable bonds is 4. The molecule has 1 aliphatic rings. The minimum atomic E-state index is -0.330. The van der Waals surface area contributed by atoms with Gasteiger partial charge in [-0.3, -0.25) is 4.98 Å². The second-order valence-electron chi connectivity index (χ2n) is 8.88. The lowest BCUT2D eigenvalue weighted by molar-refractivity contribution is 0.393. The van der Waals surface area contributed by atoms with E-state index in [1.165, 1.54) is 0 Å². The summed E-state index contributed by atoms with van der Waals surface area (Å²) in [6.07, 6.45) is 5.05. The molecule has 4 aromatic heterocycles. The molecule has 6 aromatic rings. The zero-order valence-electron chi connectivity index (χ0n) is 20.4. The van der Waals surface area contributed by atoms with Crippen LogP contribution < -0.4 is 9.47 Å². The number of ether oxygens (including phenoxy) is 2. The van der Waals surface area contributed by atoms with Crippen molar-refractivity contribution in [3.63, 3.8) is 0 Å². The summed E-state index contributed by atoms with van der Waals surface area (Å²) in [6.45, 7) is 1.97. The highest BCUT2D eigenvalue weighted by atomic mass is 35.5. The van der Waals surface area contributed by atoms with Gasteiger partial charge in [0.05, 0.1) is 35.5 Å². The molecule has 5 heterocycles. The summed E-state index contributed by atoms with van der Waals surface area (Å²) in [6, 6.07) is 19.2. The Morgan fingerprint density at radius 3 is 2.63 bits per heavy atom. The Morgan fingerprint density at radius 2 is 1.82 bits per heavy atom. The molecule has 0 saturated carbocycles. The van der Waals surface area contributed by atoms with Gasteiger partial charge in [0.25, 0.3) is 0 Å². The summed E-state index contributed by atoms with van der Waals surface area (Å²) in [7, 11) is 1.67. The van der Waals surface area contributed by atoms with Gasteiger partial charge >= 0.3 is 0 Å². The van der Waals surface area contributed by atoms with Crippen LogP contribution >= 0.6 is 11.6 Å². The molecule has 0 bridgehead atoms. The van der Waals surface area contributed by atoms with Gasteiger partial charge in [-0.2, -0.15) is 5.10 Å². The zero-order chi connectivity index (χ0) is 25.8. The number of halogens is 1. The highest BCUT2D eigenvalue weighted by Crippen LogP contribution is 2.51. The predicted molar refractivity (Wildman–Crippen MR) is 141 cm³/mol. The van der Waals surface area contributed by atoms with E-state index in [4.69, 9.17) is 36.3 Å². The second kappa shape index (κ2) is 8.67. The van der Waals surface area contributed by atoms with Crippen molar-refractivity contribution in [2.45, 2.75) is 12.8 Å². The predicted octanol–water partition coefficient (Wildman–Crippen LogP) is 5.63. The largest absolute Gasteiger partial charge is 0.496 e. The number of methoxy groups -OCH3 is 1. The number of nitrogens with zero attached hydrogens (tertiary/aromatic N) is 7. The highest BCUT2D eigenvalue weighted by molar-refractivity contribution is 6.30. The molecule has 38 heavy (non-hydrogen) atoms. The third kappa shape index (κ3) is 3.43. The van der Waals surface area contributed by atoms with E-state index in [0.717, 1.165) is 39.4 Å². The number of aryl methyl sites for hydroxylation is 1. The molecule has 9 nitrogen and oxygen atoms in total. The smallest absolute Gasteiger partial charge is 0.230 e. The van der Waals surface area contributed by atoms with E-state index in [0.29, 0.717) is 28.3 Å². The van der Waals surface area contributed by atoms with E-state index in [1.54, 1.807) is 35.0 Å². The molecule has 0 N–H and O–H groups in total. The van der Waals surface area contributed by atoms with Gasteiger partial charge in [0.2, 0.25) is 11.8 Å². The average Bonchev–Trinajstić information content (AvgIpc) is 3.54. The lowest BCUT2D eigenvalue weighted by Crippen LogP contribution is -2.16. The van der Waals surface area contributed by atoms with Crippen molar-refractivity contribution in [1.82, 2.24) is 34.3 Å². The summed E-state index contributed by atoms with van der Waals surface area (Å²) in [5.74, 6) is 1.97. The van der Waals surface area contributed by atoms with Crippen LogP contribution in [0.15, 0.2) is 79.4 Å². The van der Waals surface area contributed by atoms with Crippen molar-refractivity contribution in [3.05, 3.63) is 107 Å². The molecule has 0 fully saturated rings. The highest BCUT2D eigenvalue weighted by Gasteiger charge is 2.39. The van der Waals surface area contributed by atoms with Crippen molar-refractivity contribution in [1.29, 1.82) is 0 Å². The van der Waals surface area contributed by atoms with Gasteiger partial charge in [0.1, 0.15) is 12.1 Å². The maximum absolute atomic E-state index is 6.49. The molecule has 0 spiro atoms. The molecular formula is C28H20ClN7O2. The lowest BCUT2D eigenvalue weighted by Gasteiger charge is -2.27. The molecule has 0 unspecified atom stereocenters. The van der Waals surface area contributed by atoms with Crippen LogP contribution in [0, 0.1) is 6.92 Å². The zero-order valence-corrected chi connectivity index (χ0v) is 21.2. The monoisotopic (exact) mass is 521 g/mol. The first-order valence-corrected chi connectivity index (χ1v) is 12.3. The molecular weight excluding hydrogens is 502 g/mol. The number of benzene rings is 2. The van der Waals surface area contributed by atoms with E-state index in [2.05, 4.69) is 9.97 Å². The van der Waals surface area contributed by atoms with Crippen LogP contribution in [0.25, 0.3) is 22.7 Å². The maximum Gasteiger partial charge on any atom is 0.230 e. The van der Waals surface area contributed by atoms with Gasteiger partial charge in [-0.25, -0.2) is 19.2 Å². The fourth-order valence-corrected chi connectivity index (χ4v) is 5.18. The van der Waals surface area contributed by atoms with E-state index < -0.39 is 0 Å². The Balaban J connectivity index is 1.52. The summed E-state index contributed by atoms with van der Waals surface area (Å²) >= 11 is 6.32. The number of hydrogen-bond acceptors (Lipinski definition) is 7. The Morgan fingerprint density at radius 1 is 0.974 bits per heavy atom. The third-order valence-electron chi connectivity index (χ3n) is 6.66. The van der Waals surface area contributed by atoms with Crippen LogP contribution in [0.4, 0.5) is 0 Å². The van der Waals surface area contributed by atoms with Crippen LogP contribution in [-0.2, 0) is 0 Å². The van der Waals surface area contributed by atoms with Crippen molar-refractivity contribution < 1.29 is 9.47 Å². The fourth-order valence-electron chi connectivity index (χ4n) is 5.00. The number of fused-ring (bicyclic) bond motifs is 4. The summed E-state index contributed by atoms with van der Waals surface area (Å²) in [4.78, 5) is 13.7. The number of pyridine rings is 1. The molecule has 0 aliphatic carbocycles. The van der Waals surface area contributed by atoms with Gasteiger partial charge in [-0.15, -0.1) is 5.10 Å². The number of aromatic nitrogens is 7. The lowest BCUT2D eigenvalue weighted by atomic mass is 9.84. The molecule has 1 atom stereocenters. The van der Waals surface area contributed by atoms with Gasteiger partial charge in [0, 0.05) is 28.5 Å². The van der Waals surface area contributed by atoms with E-state index in [9.17, 15) is 0 Å². The summed E-state index contributed by atoms with van der Waals surface area (Å²) in [5, 5.41) is 10.2. The van der Waals surface area contributed by atoms with E-state index in [-0.39, 0.29) is 5.92 Å². The average molecular weight is 522 g/mol. The van der Waals surface area contributed by atoms with Gasteiger partial charge < -0.3 is 9.47 Å². The van der Waals surface area contributed by atoms with Crippen molar-refractivity contribution in [2.75, 3.05) is 7.11 Å². The molecule has 0 amide bonds.